The highest BCUT2D eigenvalue weighted by molar-refractivity contribution is 5.82. The second-order valence-electron chi connectivity index (χ2n) is 4.44. The lowest BCUT2D eigenvalue weighted by molar-refractivity contribution is -0.127. The zero-order valence-corrected chi connectivity index (χ0v) is 9.31. The van der Waals surface area contributed by atoms with Gasteiger partial charge in [-0.3, -0.25) is 9.69 Å². The first-order valence-corrected chi connectivity index (χ1v) is 5.46. The fourth-order valence-electron chi connectivity index (χ4n) is 2.26. The van der Waals surface area contributed by atoms with Crippen molar-refractivity contribution in [3.8, 4) is 0 Å². The summed E-state index contributed by atoms with van der Waals surface area (Å²) in [5, 5.41) is 0. The van der Waals surface area contributed by atoms with Crippen molar-refractivity contribution in [2.24, 2.45) is 5.92 Å². The summed E-state index contributed by atoms with van der Waals surface area (Å²) in [6, 6.07) is 10.6. The summed E-state index contributed by atoms with van der Waals surface area (Å²) in [6.45, 7) is 2.89. The molecule has 1 aromatic rings. The Hall–Kier alpha value is -1.15. The molecule has 0 spiro atoms. The molecular formula is C13H17NO. The van der Waals surface area contributed by atoms with Gasteiger partial charge in [0.2, 0.25) is 0 Å². The normalized spacial score (nSPS) is 28.0. The zero-order chi connectivity index (χ0) is 10.8. The Kier molecular flexibility index (Phi) is 2.87. The molecule has 1 aliphatic rings. The maximum absolute atomic E-state index is 11.7. The Balaban J connectivity index is 2.20. The van der Waals surface area contributed by atoms with Gasteiger partial charge in [-0.2, -0.15) is 0 Å². The summed E-state index contributed by atoms with van der Waals surface area (Å²) in [6.07, 6.45) is 0.654. The van der Waals surface area contributed by atoms with Crippen LogP contribution in [0.1, 0.15) is 24.9 Å². The zero-order valence-electron chi connectivity index (χ0n) is 9.31. The van der Waals surface area contributed by atoms with E-state index < -0.39 is 0 Å². The minimum atomic E-state index is 0.190. The fourth-order valence-corrected chi connectivity index (χ4v) is 2.26. The predicted octanol–water partition coefficient (Wildman–Crippen LogP) is 2.27. The Labute approximate surface area is 90.9 Å². The maximum atomic E-state index is 11.7. The van der Waals surface area contributed by atoms with Crippen molar-refractivity contribution >= 4 is 5.78 Å². The van der Waals surface area contributed by atoms with Gasteiger partial charge < -0.3 is 0 Å². The second-order valence-corrected chi connectivity index (χ2v) is 4.44. The van der Waals surface area contributed by atoms with Crippen LogP contribution in [0, 0.1) is 5.92 Å². The lowest BCUT2D eigenvalue weighted by Gasteiger charge is -2.35. The molecule has 1 aliphatic heterocycles. The van der Waals surface area contributed by atoms with Gasteiger partial charge in [-0.1, -0.05) is 37.3 Å². The minimum Gasteiger partial charge on any atom is -0.299 e. The molecule has 0 N–H and O–H groups in total. The molecule has 0 unspecified atom stereocenters. The summed E-state index contributed by atoms with van der Waals surface area (Å²) in [7, 11) is 2.10. The van der Waals surface area contributed by atoms with Gasteiger partial charge in [0.1, 0.15) is 5.78 Å². The van der Waals surface area contributed by atoms with E-state index in [0.29, 0.717) is 12.2 Å². The average Bonchev–Trinajstić information content (AvgIpc) is 2.25. The molecule has 0 aromatic heterocycles. The third kappa shape index (κ3) is 2.10. The van der Waals surface area contributed by atoms with E-state index in [0.717, 1.165) is 6.54 Å². The summed E-state index contributed by atoms with van der Waals surface area (Å²) in [5.41, 5.74) is 1.25. The molecule has 1 heterocycles. The maximum Gasteiger partial charge on any atom is 0.138 e. The Morgan fingerprint density at radius 2 is 1.93 bits per heavy atom. The van der Waals surface area contributed by atoms with Crippen molar-refractivity contribution < 1.29 is 4.79 Å². The van der Waals surface area contributed by atoms with Gasteiger partial charge in [-0.25, -0.2) is 0 Å². The summed E-state index contributed by atoms with van der Waals surface area (Å²) in [5.74, 6) is 0.580. The quantitative estimate of drug-likeness (QED) is 0.698. The topological polar surface area (TPSA) is 20.3 Å². The van der Waals surface area contributed by atoms with Gasteiger partial charge in [0.05, 0.1) is 0 Å². The van der Waals surface area contributed by atoms with Gasteiger partial charge in [0, 0.05) is 24.9 Å². The lowest BCUT2D eigenvalue weighted by atomic mass is 9.89. The van der Waals surface area contributed by atoms with E-state index in [4.69, 9.17) is 0 Å². The summed E-state index contributed by atoms with van der Waals surface area (Å²) >= 11 is 0. The number of nitrogens with zero attached hydrogens (tertiary/aromatic N) is 1. The highest BCUT2D eigenvalue weighted by atomic mass is 16.1. The third-order valence-corrected chi connectivity index (χ3v) is 3.22. The first-order chi connectivity index (χ1) is 7.18. The monoisotopic (exact) mass is 203 g/mol. The van der Waals surface area contributed by atoms with Crippen molar-refractivity contribution in [1.29, 1.82) is 0 Å². The molecule has 2 nitrogen and oxygen atoms in total. The number of ketones is 1. The van der Waals surface area contributed by atoms with E-state index in [1.165, 1.54) is 5.56 Å². The van der Waals surface area contributed by atoms with Crippen LogP contribution in [0.2, 0.25) is 0 Å². The predicted molar refractivity (Wildman–Crippen MR) is 60.6 cm³/mol. The van der Waals surface area contributed by atoms with Crippen molar-refractivity contribution in [1.82, 2.24) is 4.90 Å². The van der Waals surface area contributed by atoms with Gasteiger partial charge >= 0.3 is 0 Å². The molecule has 0 aliphatic carbocycles. The van der Waals surface area contributed by atoms with Crippen LogP contribution in [0.4, 0.5) is 0 Å². The highest BCUT2D eigenvalue weighted by Gasteiger charge is 2.30. The first kappa shape index (κ1) is 10.4. The van der Waals surface area contributed by atoms with E-state index >= 15 is 0 Å². The summed E-state index contributed by atoms with van der Waals surface area (Å²) in [4.78, 5) is 14.0. The van der Waals surface area contributed by atoms with Crippen LogP contribution in [-0.4, -0.2) is 24.3 Å². The van der Waals surface area contributed by atoms with Crippen molar-refractivity contribution in [2.45, 2.75) is 19.4 Å². The molecule has 80 valence electrons. The van der Waals surface area contributed by atoms with Crippen LogP contribution in [0.15, 0.2) is 30.3 Å². The van der Waals surface area contributed by atoms with E-state index in [9.17, 15) is 4.79 Å². The van der Waals surface area contributed by atoms with Crippen LogP contribution in [0.25, 0.3) is 0 Å². The number of hydrogen-bond acceptors (Lipinski definition) is 2. The molecular weight excluding hydrogens is 186 g/mol. The number of hydrogen-bond donors (Lipinski definition) is 0. The van der Waals surface area contributed by atoms with Gasteiger partial charge in [0.15, 0.2) is 0 Å². The molecule has 15 heavy (non-hydrogen) atoms. The highest BCUT2D eigenvalue weighted by Crippen LogP contribution is 2.29. The first-order valence-electron chi connectivity index (χ1n) is 5.46. The van der Waals surface area contributed by atoms with E-state index in [1.54, 1.807) is 0 Å². The molecule has 1 aromatic carbocycles. The summed E-state index contributed by atoms with van der Waals surface area (Å²) < 4.78 is 0. The second kappa shape index (κ2) is 4.15. The van der Waals surface area contributed by atoms with Crippen LogP contribution in [0.3, 0.4) is 0 Å². The van der Waals surface area contributed by atoms with Gasteiger partial charge in [-0.05, 0) is 12.6 Å². The van der Waals surface area contributed by atoms with Crippen molar-refractivity contribution in [2.75, 3.05) is 13.6 Å². The molecule has 1 saturated heterocycles. The Morgan fingerprint density at radius 3 is 2.60 bits per heavy atom. The number of likely N-dealkylation sites (tertiary alicyclic amines) is 1. The largest absolute Gasteiger partial charge is 0.299 e. The van der Waals surface area contributed by atoms with Crippen molar-refractivity contribution in [3.05, 3.63) is 35.9 Å². The fraction of sp³-hybridized carbons (Fsp3) is 0.462. The SMILES string of the molecule is C[C@H]1CN(C)[C@@H](c2ccccc2)CC1=O. The van der Waals surface area contributed by atoms with E-state index in [1.807, 2.05) is 25.1 Å². The standard InChI is InChI=1S/C13H17NO/c1-10-9-14(2)12(8-13(10)15)11-6-4-3-5-7-11/h3-7,10,12H,8-9H2,1-2H3/t10-,12+/m0/s1. The molecule has 0 bridgehead atoms. The van der Waals surface area contributed by atoms with Gasteiger partial charge in [0.25, 0.3) is 0 Å². The number of carbonyl (C=O) groups is 1. The number of piperidine rings is 1. The van der Waals surface area contributed by atoms with E-state index in [-0.39, 0.29) is 12.0 Å². The molecule has 2 atom stereocenters. The van der Waals surface area contributed by atoms with Crippen LogP contribution in [0.5, 0.6) is 0 Å². The number of benzene rings is 1. The molecule has 0 amide bonds. The van der Waals surface area contributed by atoms with Crippen LogP contribution >= 0.6 is 0 Å². The van der Waals surface area contributed by atoms with Gasteiger partial charge in [-0.15, -0.1) is 0 Å². The molecule has 1 fully saturated rings. The number of rotatable bonds is 1. The van der Waals surface area contributed by atoms with Crippen LogP contribution in [-0.2, 0) is 4.79 Å². The average molecular weight is 203 g/mol. The molecule has 0 radical (unpaired) electrons. The molecule has 2 heteroatoms. The van der Waals surface area contributed by atoms with Crippen LogP contribution < -0.4 is 0 Å². The number of carbonyl (C=O) groups excluding carboxylic acids is 1. The molecule has 2 rings (SSSR count). The number of Topliss-reactive ketones (excluding diaryl/α,β-unsaturated/α-hetero) is 1. The Morgan fingerprint density at radius 1 is 1.27 bits per heavy atom. The van der Waals surface area contributed by atoms with E-state index in [2.05, 4.69) is 24.1 Å². The third-order valence-electron chi connectivity index (χ3n) is 3.22. The lowest BCUT2D eigenvalue weighted by Crippen LogP contribution is -2.39. The minimum absolute atomic E-state index is 0.190. The Bertz CT molecular complexity index is 347. The van der Waals surface area contributed by atoms with Crippen molar-refractivity contribution in [3.63, 3.8) is 0 Å². The smallest absolute Gasteiger partial charge is 0.138 e. The molecule has 0 saturated carbocycles.